The number of hydrogen-bond donors (Lipinski definition) is 2. The molecule has 1 heterocycles. The number of ether oxygens (including phenoxy) is 1. The van der Waals surface area contributed by atoms with Gasteiger partial charge in [0, 0.05) is 38.3 Å². The second-order valence-electron chi connectivity index (χ2n) is 7.84. The van der Waals surface area contributed by atoms with Crippen molar-refractivity contribution in [2.75, 3.05) is 26.7 Å². The van der Waals surface area contributed by atoms with Gasteiger partial charge in [-0.2, -0.15) is 0 Å². The molecule has 0 aromatic rings. The van der Waals surface area contributed by atoms with Crippen LogP contribution < -0.4 is 10.6 Å². The lowest BCUT2D eigenvalue weighted by Gasteiger charge is -2.20. The minimum atomic E-state index is 0.479. The highest BCUT2D eigenvalue weighted by Crippen LogP contribution is 2.33. The Balaban J connectivity index is 1.32. The van der Waals surface area contributed by atoms with E-state index in [1.807, 2.05) is 7.05 Å². The van der Waals surface area contributed by atoms with E-state index in [4.69, 9.17) is 4.74 Å². The van der Waals surface area contributed by atoms with Crippen LogP contribution in [0.1, 0.15) is 64.7 Å². The molecule has 0 spiro atoms. The topological polar surface area (TPSA) is 48.9 Å². The number of aliphatic imine (C=N–C) groups is 1. The molecule has 3 rings (SSSR count). The van der Waals surface area contributed by atoms with Crippen LogP contribution in [0.2, 0.25) is 0 Å². The number of rotatable bonds is 6. The second kappa shape index (κ2) is 9.04. The van der Waals surface area contributed by atoms with Crippen LogP contribution in [-0.4, -0.2) is 61.8 Å². The molecular formula is C19H36N4O. The summed E-state index contributed by atoms with van der Waals surface area (Å²) < 4.78 is 6.05. The molecule has 1 saturated heterocycles. The van der Waals surface area contributed by atoms with Crippen LogP contribution in [-0.2, 0) is 4.74 Å². The summed E-state index contributed by atoms with van der Waals surface area (Å²) in [6, 6.07) is 2.08. The van der Waals surface area contributed by atoms with Crippen molar-refractivity contribution >= 4 is 5.96 Å². The predicted octanol–water partition coefficient (Wildman–Crippen LogP) is 2.52. The average Bonchev–Trinajstić information content (AvgIpc) is 3.38. The molecule has 2 aliphatic carbocycles. The molecule has 0 bridgehead atoms. The molecule has 24 heavy (non-hydrogen) atoms. The zero-order valence-electron chi connectivity index (χ0n) is 15.6. The van der Waals surface area contributed by atoms with E-state index in [0.29, 0.717) is 18.2 Å². The minimum Gasteiger partial charge on any atom is -0.376 e. The van der Waals surface area contributed by atoms with Crippen LogP contribution in [0.15, 0.2) is 4.99 Å². The summed E-state index contributed by atoms with van der Waals surface area (Å²) in [5.74, 6) is 0.925. The zero-order chi connectivity index (χ0) is 16.8. The van der Waals surface area contributed by atoms with Crippen molar-refractivity contribution in [2.45, 2.75) is 88.9 Å². The first kappa shape index (κ1) is 18.0. The van der Waals surface area contributed by atoms with Crippen molar-refractivity contribution in [3.05, 3.63) is 0 Å². The quantitative estimate of drug-likeness (QED) is 0.339. The van der Waals surface area contributed by atoms with E-state index in [2.05, 4.69) is 27.4 Å². The van der Waals surface area contributed by atoms with E-state index in [1.54, 1.807) is 0 Å². The van der Waals surface area contributed by atoms with Crippen molar-refractivity contribution in [1.29, 1.82) is 0 Å². The van der Waals surface area contributed by atoms with Gasteiger partial charge in [-0.3, -0.25) is 9.89 Å². The first-order valence-corrected chi connectivity index (χ1v) is 10.1. The summed E-state index contributed by atoms with van der Waals surface area (Å²) in [7, 11) is 1.86. The van der Waals surface area contributed by atoms with Crippen LogP contribution in [0, 0.1) is 0 Å². The molecule has 0 amide bonds. The van der Waals surface area contributed by atoms with Crippen LogP contribution >= 0.6 is 0 Å². The number of nitrogens with zero attached hydrogens (tertiary/aromatic N) is 2. The van der Waals surface area contributed by atoms with Gasteiger partial charge in [-0.1, -0.05) is 25.7 Å². The van der Waals surface area contributed by atoms with E-state index >= 15 is 0 Å². The Morgan fingerprint density at radius 3 is 2.54 bits per heavy atom. The lowest BCUT2D eigenvalue weighted by atomic mass is 10.1. The molecule has 3 fully saturated rings. The summed E-state index contributed by atoms with van der Waals surface area (Å²) in [4.78, 5) is 7.05. The van der Waals surface area contributed by atoms with Gasteiger partial charge in [0.15, 0.2) is 5.96 Å². The molecule has 1 aliphatic heterocycles. The minimum absolute atomic E-state index is 0.479. The molecule has 138 valence electrons. The van der Waals surface area contributed by atoms with E-state index < -0.39 is 0 Å². The first-order chi connectivity index (χ1) is 11.8. The van der Waals surface area contributed by atoms with Crippen LogP contribution in [0.4, 0.5) is 0 Å². The molecule has 5 nitrogen and oxygen atoms in total. The normalized spacial score (nSPS) is 30.3. The predicted molar refractivity (Wildman–Crippen MR) is 99.5 cm³/mol. The van der Waals surface area contributed by atoms with Gasteiger partial charge in [-0.05, 0) is 39.0 Å². The second-order valence-corrected chi connectivity index (χ2v) is 7.84. The van der Waals surface area contributed by atoms with Gasteiger partial charge in [-0.25, -0.2) is 0 Å². The molecule has 2 saturated carbocycles. The summed E-state index contributed by atoms with van der Waals surface area (Å²) in [5.41, 5.74) is 0. The highest BCUT2D eigenvalue weighted by atomic mass is 16.5. The molecule has 0 aromatic carbocycles. The van der Waals surface area contributed by atoms with Crippen LogP contribution in [0.5, 0.6) is 0 Å². The molecule has 5 heteroatoms. The molecule has 2 unspecified atom stereocenters. The molecule has 2 atom stereocenters. The molecule has 0 radical (unpaired) electrons. The SMILES string of the molecule is CN=C(NCCOC1CCCCCC1)NC1CC(C)N(C2CC2)C1. The van der Waals surface area contributed by atoms with Crippen molar-refractivity contribution in [1.82, 2.24) is 15.5 Å². The fourth-order valence-corrected chi connectivity index (χ4v) is 4.27. The van der Waals surface area contributed by atoms with Gasteiger partial charge in [0.1, 0.15) is 0 Å². The van der Waals surface area contributed by atoms with Crippen LogP contribution in [0.25, 0.3) is 0 Å². The van der Waals surface area contributed by atoms with E-state index in [9.17, 15) is 0 Å². The molecule has 3 aliphatic rings. The number of likely N-dealkylation sites (tertiary alicyclic amines) is 1. The Morgan fingerprint density at radius 1 is 1.12 bits per heavy atom. The maximum absolute atomic E-state index is 6.05. The molecular weight excluding hydrogens is 300 g/mol. The van der Waals surface area contributed by atoms with Gasteiger partial charge < -0.3 is 15.4 Å². The summed E-state index contributed by atoms with van der Waals surface area (Å²) in [6.45, 7) is 5.13. The van der Waals surface area contributed by atoms with E-state index in [-0.39, 0.29) is 0 Å². The zero-order valence-corrected chi connectivity index (χ0v) is 15.6. The van der Waals surface area contributed by atoms with Gasteiger partial charge in [0.2, 0.25) is 0 Å². The fraction of sp³-hybridized carbons (Fsp3) is 0.947. The number of hydrogen-bond acceptors (Lipinski definition) is 3. The Labute approximate surface area is 147 Å². The smallest absolute Gasteiger partial charge is 0.191 e. The van der Waals surface area contributed by atoms with Crippen LogP contribution in [0.3, 0.4) is 0 Å². The molecule has 2 N–H and O–H groups in total. The Kier molecular flexibility index (Phi) is 6.78. The average molecular weight is 337 g/mol. The summed E-state index contributed by atoms with van der Waals surface area (Å²) in [5, 5.41) is 7.02. The van der Waals surface area contributed by atoms with Crippen molar-refractivity contribution in [3.63, 3.8) is 0 Å². The maximum Gasteiger partial charge on any atom is 0.191 e. The third kappa shape index (κ3) is 5.35. The van der Waals surface area contributed by atoms with Crippen molar-refractivity contribution in [3.8, 4) is 0 Å². The van der Waals surface area contributed by atoms with Gasteiger partial charge in [0.05, 0.1) is 12.7 Å². The standard InChI is InChI=1S/C19H36N4O/c1-15-13-16(14-23(15)17-9-10-17)22-19(20-2)21-11-12-24-18-7-5-3-4-6-8-18/h15-18H,3-14H2,1-2H3,(H2,20,21,22). The highest BCUT2D eigenvalue weighted by Gasteiger charge is 2.38. The highest BCUT2D eigenvalue weighted by molar-refractivity contribution is 5.80. The molecule has 0 aromatic heterocycles. The lowest BCUT2D eigenvalue weighted by molar-refractivity contribution is 0.0468. The number of nitrogens with one attached hydrogen (secondary N) is 2. The lowest BCUT2D eigenvalue weighted by Crippen LogP contribution is -2.45. The monoisotopic (exact) mass is 336 g/mol. The first-order valence-electron chi connectivity index (χ1n) is 10.1. The fourth-order valence-electron chi connectivity index (χ4n) is 4.27. The maximum atomic E-state index is 6.05. The largest absolute Gasteiger partial charge is 0.376 e. The van der Waals surface area contributed by atoms with E-state index in [1.165, 1.54) is 57.8 Å². The Bertz CT molecular complexity index is 402. The van der Waals surface area contributed by atoms with Gasteiger partial charge in [-0.15, -0.1) is 0 Å². The van der Waals surface area contributed by atoms with Gasteiger partial charge in [0.25, 0.3) is 0 Å². The Hall–Kier alpha value is -0.810. The van der Waals surface area contributed by atoms with Crippen molar-refractivity contribution in [2.24, 2.45) is 4.99 Å². The van der Waals surface area contributed by atoms with Crippen molar-refractivity contribution < 1.29 is 4.74 Å². The third-order valence-corrected chi connectivity index (χ3v) is 5.75. The van der Waals surface area contributed by atoms with Gasteiger partial charge >= 0.3 is 0 Å². The number of guanidine groups is 1. The third-order valence-electron chi connectivity index (χ3n) is 5.75. The summed E-state index contributed by atoms with van der Waals surface area (Å²) >= 11 is 0. The van der Waals surface area contributed by atoms with E-state index in [0.717, 1.165) is 31.7 Å². The Morgan fingerprint density at radius 2 is 1.88 bits per heavy atom. The summed E-state index contributed by atoms with van der Waals surface area (Å²) in [6.07, 6.45) is 12.4.